The molecule has 0 rings (SSSR count). The number of aliphatic hydroxyl groups is 1. The Labute approximate surface area is 62.9 Å². The first-order valence-electron chi connectivity index (χ1n) is 2.82. The van der Waals surface area contributed by atoms with E-state index in [0.717, 1.165) is 0 Å². The van der Waals surface area contributed by atoms with E-state index in [9.17, 15) is 9.59 Å². The van der Waals surface area contributed by atoms with Crippen LogP contribution in [0, 0.1) is 0 Å². The van der Waals surface area contributed by atoms with Crippen molar-refractivity contribution >= 4 is 12.1 Å². The zero-order valence-corrected chi connectivity index (χ0v) is 5.78. The van der Waals surface area contributed by atoms with Crippen LogP contribution in [-0.4, -0.2) is 35.3 Å². The third-order valence-corrected chi connectivity index (χ3v) is 0.835. The predicted octanol–water partition coefficient (Wildman–Crippen LogP) is -2.06. The number of nitrogens with zero attached hydrogens (tertiary/aromatic N) is 1. The second-order valence-corrected chi connectivity index (χ2v) is 1.69. The lowest BCUT2D eigenvalue weighted by atomic mass is 10.6. The van der Waals surface area contributed by atoms with Crippen LogP contribution in [0.15, 0.2) is 0 Å². The van der Waals surface area contributed by atoms with Gasteiger partial charge in [-0.15, -0.1) is 0 Å². The quantitative estimate of drug-likeness (QED) is 0.349. The van der Waals surface area contributed by atoms with Gasteiger partial charge >= 0.3 is 12.1 Å². The first-order chi connectivity index (χ1) is 5.07. The maximum absolute atomic E-state index is 10.4. The van der Waals surface area contributed by atoms with Gasteiger partial charge < -0.3 is 16.6 Å². The highest BCUT2D eigenvalue weighted by molar-refractivity contribution is 5.78. The Morgan fingerprint density at radius 1 is 1.45 bits per heavy atom. The Balaban J connectivity index is 3.89. The molecule has 6 N–H and O–H groups in total. The number of nitrogens with one attached hydrogen (secondary N) is 1. The number of hydrogen-bond acceptors (Lipinski definition) is 3. The zero-order valence-electron chi connectivity index (χ0n) is 5.78. The molecule has 0 aromatic carbocycles. The van der Waals surface area contributed by atoms with Gasteiger partial charge in [0.25, 0.3) is 0 Å². The molecule has 0 aromatic rings. The number of rotatable bonds is 2. The number of hydrogen-bond donors (Lipinski definition) is 4. The molecule has 0 aromatic heterocycles. The van der Waals surface area contributed by atoms with Crippen LogP contribution in [-0.2, 0) is 0 Å². The third kappa shape index (κ3) is 3.98. The molecule has 64 valence electrons. The van der Waals surface area contributed by atoms with Crippen molar-refractivity contribution in [1.82, 2.24) is 10.4 Å². The Kier molecular flexibility index (Phi) is 3.75. The standard InChI is InChI=1S/C4H10N4O3/c5-3(10)7-8(1-2-9)4(6)11/h9H,1-2H2,(H2,6,11)(H3,5,7,10). The van der Waals surface area contributed by atoms with Gasteiger partial charge in [0.05, 0.1) is 13.2 Å². The molecule has 11 heavy (non-hydrogen) atoms. The minimum Gasteiger partial charge on any atom is -0.394 e. The fourth-order valence-corrected chi connectivity index (χ4v) is 0.454. The third-order valence-electron chi connectivity index (χ3n) is 0.835. The normalized spacial score (nSPS) is 8.82. The molecule has 0 spiro atoms. The van der Waals surface area contributed by atoms with Crippen LogP contribution in [0.5, 0.6) is 0 Å². The van der Waals surface area contributed by atoms with Crippen molar-refractivity contribution in [3.8, 4) is 0 Å². The summed E-state index contributed by atoms with van der Waals surface area (Å²) in [4.78, 5) is 20.6. The highest BCUT2D eigenvalue weighted by Gasteiger charge is 2.08. The molecular weight excluding hydrogens is 152 g/mol. The van der Waals surface area contributed by atoms with E-state index in [4.69, 9.17) is 10.8 Å². The number of hydrazine groups is 1. The summed E-state index contributed by atoms with van der Waals surface area (Å²) in [5, 5.41) is 9.07. The van der Waals surface area contributed by atoms with E-state index in [-0.39, 0.29) is 13.2 Å². The van der Waals surface area contributed by atoms with Crippen LogP contribution >= 0.6 is 0 Å². The van der Waals surface area contributed by atoms with Gasteiger partial charge in [0.1, 0.15) is 0 Å². The number of urea groups is 2. The van der Waals surface area contributed by atoms with Gasteiger partial charge in [-0.2, -0.15) is 0 Å². The summed E-state index contributed by atoms with van der Waals surface area (Å²) in [6.45, 7) is -0.387. The predicted molar refractivity (Wildman–Crippen MR) is 36.1 cm³/mol. The number of amides is 4. The molecular formula is C4H10N4O3. The molecule has 7 heteroatoms. The Bertz CT molecular complexity index is 159. The summed E-state index contributed by atoms with van der Waals surface area (Å²) in [5.74, 6) is 0. The van der Waals surface area contributed by atoms with Gasteiger partial charge in [0.15, 0.2) is 0 Å². The highest BCUT2D eigenvalue weighted by Crippen LogP contribution is 1.79. The SMILES string of the molecule is NC(=O)NN(CCO)C(N)=O. The summed E-state index contributed by atoms with van der Waals surface area (Å²) < 4.78 is 0. The van der Waals surface area contributed by atoms with Gasteiger partial charge in [-0.25, -0.2) is 20.0 Å². The van der Waals surface area contributed by atoms with Crippen LogP contribution in [0.25, 0.3) is 0 Å². The molecule has 0 bridgehead atoms. The van der Waals surface area contributed by atoms with E-state index in [1.807, 2.05) is 5.43 Å². The largest absolute Gasteiger partial charge is 0.394 e. The Hall–Kier alpha value is -1.50. The highest BCUT2D eigenvalue weighted by atomic mass is 16.3. The van der Waals surface area contributed by atoms with Crippen molar-refractivity contribution in [2.24, 2.45) is 11.5 Å². The average molecular weight is 162 g/mol. The van der Waals surface area contributed by atoms with Crippen LogP contribution in [0.4, 0.5) is 9.59 Å². The maximum atomic E-state index is 10.4. The second kappa shape index (κ2) is 4.34. The molecule has 0 aliphatic carbocycles. The van der Waals surface area contributed by atoms with Crippen LogP contribution < -0.4 is 16.9 Å². The molecule has 0 unspecified atom stereocenters. The summed E-state index contributed by atoms with van der Waals surface area (Å²) >= 11 is 0. The Morgan fingerprint density at radius 2 is 2.00 bits per heavy atom. The first kappa shape index (κ1) is 9.50. The number of nitrogens with two attached hydrogens (primary N) is 2. The van der Waals surface area contributed by atoms with Gasteiger partial charge in [-0.1, -0.05) is 0 Å². The average Bonchev–Trinajstić information content (AvgIpc) is 1.86. The molecule has 0 saturated carbocycles. The molecule has 0 aliphatic heterocycles. The van der Waals surface area contributed by atoms with Crippen molar-refractivity contribution < 1.29 is 14.7 Å². The second-order valence-electron chi connectivity index (χ2n) is 1.69. The smallest absolute Gasteiger partial charge is 0.333 e. The van der Waals surface area contributed by atoms with Crippen molar-refractivity contribution in [2.75, 3.05) is 13.2 Å². The number of primary amides is 2. The van der Waals surface area contributed by atoms with E-state index in [2.05, 4.69) is 5.73 Å². The van der Waals surface area contributed by atoms with Gasteiger partial charge in [0.2, 0.25) is 0 Å². The van der Waals surface area contributed by atoms with Crippen LogP contribution in [0.1, 0.15) is 0 Å². The number of carbonyl (C=O) groups excluding carboxylic acids is 2. The lowest BCUT2D eigenvalue weighted by Gasteiger charge is -2.17. The van der Waals surface area contributed by atoms with E-state index in [1.54, 1.807) is 0 Å². The van der Waals surface area contributed by atoms with Crippen molar-refractivity contribution in [1.29, 1.82) is 0 Å². The van der Waals surface area contributed by atoms with Crippen LogP contribution in [0.3, 0.4) is 0 Å². The molecule has 0 aliphatic rings. The summed E-state index contributed by atoms with van der Waals surface area (Å²) in [5.41, 5.74) is 11.4. The van der Waals surface area contributed by atoms with Gasteiger partial charge in [-0.05, 0) is 0 Å². The molecule has 4 amide bonds. The lowest BCUT2D eigenvalue weighted by Crippen LogP contribution is -2.51. The minimum atomic E-state index is -0.905. The lowest BCUT2D eigenvalue weighted by molar-refractivity contribution is 0.157. The van der Waals surface area contributed by atoms with E-state index in [0.29, 0.717) is 5.01 Å². The fraction of sp³-hybridized carbons (Fsp3) is 0.500. The molecule has 0 atom stereocenters. The summed E-state index contributed by atoms with van der Waals surface area (Å²) in [6.07, 6.45) is 0. The van der Waals surface area contributed by atoms with E-state index < -0.39 is 12.1 Å². The maximum Gasteiger partial charge on any atom is 0.333 e. The summed E-state index contributed by atoms with van der Waals surface area (Å²) in [6, 6.07) is -1.78. The van der Waals surface area contributed by atoms with Crippen LogP contribution in [0.2, 0.25) is 0 Å². The summed E-state index contributed by atoms with van der Waals surface area (Å²) in [7, 11) is 0. The zero-order chi connectivity index (χ0) is 8.85. The van der Waals surface area contributed by atoms with Crippen molar-refractivity contribution in [2.45, 2.75) is 0 Å². The van der Waals surface area contributed by atoms with Crippen molar-refractivity contribution in [3.63, 3.8) is 0 Å². The molecule has 0 saturated heterocycles. The van der Waals surface area contributed by atoms with E-state index in [1.165, 1.54) is 0 Å². The van der Waals surface area contributed by atoms with Gasteiger partial charge in [-0.3, -0.25) is 0 Å². The molecule has 0 fully saturated rings. The topological polar surface area (TPSA) is 122 Å². The molecule has 0 heterocycles. The Morgan fingerprint density at radius 3 is 2.27 bits per heavy atom. The molecule has 7 nitrogen and oxygen atoms in total. The first-order valence-corrected chi connectivity index (χ1v) is 2.82. The fourth-order valence-electron chi connectivity index (χ4n) is 0.454. The van der Waals surface area contributed by atoms with Gasteiger partial charge in [0, 0.05) is 0 Å². The number of aliphatic hydroxyl groups excluding tert-OH is 1. The van der Waals surface area contributed by atoms with Crippen molar-refractivity contribution in [3.05, 3.63) is 0 Å². The van der Waals surface area contributed by atoms with E-state index >= 15 is 0 Å². The molecule has 0 radical (unpaired) electrons. The number of carbonyl (C=O) groups is 2. The minimum absolute atomic E-state index is 0.0850. The monoisotopic (exact) mass is 162 g/mol.